The molecule has 1 unspecified atom stereocenters. The van der Waals surface area contributed by atoms with Crippen LogP contribution >= 0.6 is 0 Å². The Kier molecular flexibility index (Phi) is 6.08. The molecule has 0 aromatic heterocycles. The van der Waals surface area contributed by atoms with Crippen molar-refractivity contribution in [3.63, 3.8) is 0 Å². The second-order valence-electron chi connectivity index (χ2n) is 5.41. The summed E-state index contributed by atoms with van der Waals surface area (Å²) in [6.45, 7) is 6.18. The maximum absolute atomic E-state index is 11.8. The van der Waals surface area contributed by atoms with E-state index in [1.165, 1.54) is 0 Å². The fourth-order valence-corrected chi connectivity index (χ4v) is 2.06. The Hall–Kier alpha value is -1.82. The fraction of sp³-hybridized carbons (Fsp3) is 0.500. The van der Waals surface area contributed by atoms with Crippen LogP contribution in [0.2, 0.25) is 0 Å². The third kappa shape index (κ3) is 6.05. The standard InChI is InChI=1S/C16H22N2O/c1-12(2)9-14(11-17)7-8-16(19)18-15-6-4-5-13(3)10-15/h4-6,10,12,14H,7-9H2,1-3H3,(H,18,19). The summed E-state index contributed by atoms with van der Waals surface area (Å²) < 4.78 is 0. The van der Waals surface area contributed by atoms with E-state index in [1.54, 1.807) is 0 Å². The number of aryl methyl sites for hydroxylation is 1. The van der Waals surface area contributed by atoms with Crippen molar-refractivity contribution in [3.8, 4) is 6.07 Å². The average Bonchev–Trinajstić information content (AvgIpc) is 2.34. The van der Waals surface area contributed by atoms with Crippen LogP contribution in [0.5, 0.6) is 0 Å². The van der Waals surface area contributed by atoms with Crippen molar-refractivity contribution in [2.45, 2.75) is 40.0 Å². The smallest absolute Gasteiger partial charge is 0.224 e. The first-order valence-electron chi connectivity index (χ1n) is 6.77. The number of carbonyl (C=O) groups excluding carboxylic acids is 1. The molecule has 0 radical (unpaired) electrons. The van der Waals surface area contributed by atoms with Gasteiger partial charge in [0.25, 0.3) is 0 Å². The molecule has 1 aromatic rings. The van der Waals surface area contributed by atoms with Gasteiger partial charge >= 0.3 is 0 Å². The van der Waals surface area contributed by atoms with E-state index in [0.29, 0.717) is 18.8 Å². The highest BCUT2D eigenvalue weighted by Crippen LogP contribution is 2.17. The highest BCUT2D eigenvalue weighted by molar-refractivity contribution is 5.90. The van der Waals surface area contributed by atoms with E-state index in [1.807, 2.05) is 31.2 Å². The van der Waals surface area contributed by atoms with Crippen LogP contribution in [-0.2, 0) is 4.79 Å². The number of nitrogens with zero attached hydrogens (tertiary/aromatic N) is 1. The normalized spacial score (nSPS) is 11.9. The Morgan fingerprint density at radius 2 is 2.16 bits per heavy atom. The minimum Gasteiger partial charge on any atom is -0.326 e. The molecule has 0 bridgehead atoms. The first kappa shape index (κ1) is 15.2. The zero-order valence-electron chi connectivity index (χ0n) is 11.9. The van der Waals surface area contributed by atoms with Crippen molar-refractivity contribution in [3.05, 3.63) is 29.8 Å². The summed E-state index contributed by atoms with van der Waals surface area (Å²) in [4.78, 5) is 11.8. The monoisotopic (exact) mass is 258 g/mol. The first-order valence-corrected chi connectivity index (χ1v) is 6.77. The van der Waals surface area contributed by atoms with Crippen LogP contribution in [0, 0.1) is 30.1 Å². The van der Waals surface area contributed by atoms with Crippen LogP contribution in [0.1, 0.15) is 38.7 Å². The summed E-state index contributed by atoms with van der Waals surface area (Å²) in [6, 6.07) is 10.0. The summed E-state index contributed by atoms with van der Waals surface area (Å²) >= 11 is 0. The van der Waals surface area contributed by atoms with Gasteiger partial charge in [-0.3, -0.25) is 4.79 Å². The molecular weight excluding hydrogens is 236 g/mol. The van der Waals surface area contributed by atoms with E-state index >= 15 is 0 Å². The lowest BCUT2D eigenvalue weighted by atomic mass is 9.94. The zero-order chi connectivity index (χ0) is 14.3. The quantitative estimate of drug-likeness (QED) is 0.841. The minimum atomic E-state index is -0.0248. The number of benzene rings is 1. The molecule has 1 aromatic carbocycles. The minimum absolute atomic E-state index is 0.0189. The molecule has 0 spiro atoms. The molecule has 0 fully saturated rings. The number of amides is 1. The number of carbonyl (C=O) groups is 1. The SMILES string of the molecule is Cc1cccc(NC(=O)CCC(C#N)CC(C)C)c1. The lowest BCUT2D eigenvalue weighted by Crippen LogP contribution is -2.13. The molecule has 0 saturated carbocycles. The number of nitrogens with one attached hydrogen (secondary N) is 1. The van der Waals surface area contributed by atoms with Gasteiger partial charge in [0.15, 0.2) is 0 Å². The van der Waals surface area contributed by atoms with Crippen molar-refractivity contribution in [1.29, 1.82) is 5.26 Å². The van der Waals surface area contributed by atoms with E-state index in [-0.39, 0.29) is 11.8 Å². The van der Waals surface area contributed by atoms with Crippen LogP contribution in [0.3, 0.4) is 0 Å². The second kappa shape index (κ2) is 7.58. The molecule has 102 valence electrons. The Morgan fingerprint density at radius 3 is 2.74 bits per heavy atom. The Labute approximate surface area is 115 Å². The van der Waals surface area contributed by atoms with Gasteiger partial charge in [-0.25, -0.2) is 0 Å². The van der Waals surface area contributed by atoms with Gasteiger partial charge < -0.3 is 5.32 Å². The molecule has 0 aliphatic rings. The van der Waals surface area contributed by atoms with Crippen LogP contribution in [0.25, 0.3) is 0 Å². The average molecular weight is 258 g/mol. The topological polar surface area (TPSA) is 52.9 Å². The highest BCUT2D eigenvalue weighted by atomic mass is 16.1. The van der Waals surface area contributed by atoms with E-state index < -0.39 is 0 Å². The number of hydrogen-bond donors (Lipinski definition) is 1. The molecule has 1 rings (SSSR count). The Bertz CT molecular complexity index is 460. The number of hydrogen-bond acceptors (Lipinski definition) is 2. The van der Waals surface area contributed by atoms with Crippen LogP contribution < -0.4 is 5.32 Å². The van der Waals surface area contributed by atoms with Crippen molar-refractivity contribution >= 4 is 11.6 Å². The lowest BCUT2D eigenvalue weighted by molar-refractivity contribution is -0.116. The number of anilines is 1. The van der Waals surface area contributed by atoms with Crippen LogP contribution in [0.15, 0.2) is 24.3 Å². The van der Waals surface area contributed by atoms with E-state index in [9.17, 15) is 4.79 Å². The summed E-state index contributed by atoms with van der Waals surface area (Å²) in [5, 5.41) is 11.9. The molecule has 19 heavy (non-hydrogen) atoms. The van der Waals surface area contributed by atoms with Gasteiger partial charge in [-0.15, -0.1) is 0 Å². The van der Waals surface area contributed by atoms with Gasteiger partial charge in [0.2, 0.25) is 5.91 Å². The molecule has 0 aliphatic heterocycles. The van der Waals surface area contributed by atoms with Gasteiger partial charge in [0.1, 0.15) is 0 Å². The molecular formula is C16H22N2O. The molecule has 1 amide bonds. The van der Waals surface area contributed by atoms with E-state index in [4.69, 9.17) is 5.26 Å². The highest BCUT2D eigenvalue weighted by Gasteiger charge is 2.12. The van der Waals surface area contributed by atoms with E-state index in [2.05, 4.69) is 25.2 Å². The van der Waals surface area contributed by atoms with Gasteiger partial charge in [-0.1, -0.05) is 26.0 Å². The molecule has 1 atom stereocenters. The zero-order valence-corrected chi connectivity index (χ0v) is 11.9. The summed E-state index contributed by atoms with van der Waals surface area (Å²) in [6.07, 6.45) is 1.89. The van der Waals surface area contributed by atoms with E-state index in [0.717, 1.165) is 17.7 Å². The molecule has 0 saturated heterocycles. The fourth-order valence-electron chi connectivity index (χ4n) is 2.06. The van der Waals surface area contributed by atoms with Crippen LogP contribution in [-0.4, -0.2) is 5.91 Å². The largest absolute Gasteiger partial charge is 0.326 e. The van der Waals surface area contributed by atoms with Gasteiger partial charge in [-0.2, -0.15) is 5.26 Å². The van der Waals surface area contributed by atoms with Crippen LogP contribution in [0.4, 0.5) is 5.69 Å². The Morgan fingerprint density at radius 1 is 1.42 bits per heavy atom. The molecule has 3 nitrogen and oxygen atoms in total. The maximum atomic E-state index is 11.8. The molecule has 1 N–H and O–H groups in total. The summed E-state index contributed by atoms with van der Waals surface area (Å²) in [5.74, 6) is 0.447. The molecule has 0 heterocycles. The summed E-state index contributed by atoms with van der Waals surface area (Å²) in [7, 11) is 0. The lowest BCUT2D eigenvalue weighted by Gasteiger charge is -2.11. The summed E-state index contributed by atoms with van der Waals surface area (Å²) in [5.41, 5.74) is 1.94. The molecule has 0 aliphatic carbocycles. The van der Waals surface area contributed by atoms with Gasteiger partial charge in [0.05, 0.1) is 6.07 Å². The van der Waals surface area contributed by atoms with Crippen molar-refractivity contribution < 1.29 is 4.79 Å². The van der Waals surface area contributed by atoms with Crippen molar-refractivity contribution in [1.82, 2.24) is 0 Å². The molecule has 3 heteroatoms. The third-order valence-electron chi connectivity index (χ3n) is 2.96. The predicted molar refractivity (Wildman–Crippen MR) is 77.6 cm³/mol. The Balaban J connectivity index is 2.41. The maximum Gasteiger partial charge on any atom is 0.224 e. The van der Waals surface area contributed by atoms with Gasteiger partial charge in [-0.05, 0) is 43.4 Å². The van der Waals surface area contributed by atoms with Crippen molar-refractivity contribution in [2.24, 2.45) is 11.8 Å². The second-order valence-corrected chi connectivity index (χ2v) is 5.41. The first-order chi connectivity index (χ1) is 9.01. The third-order valence-corrected chi connectivity index (χ3v) is 2.96. The van der Waals surface area contributed by atoms with Gasteiger partial charge in [0, 0.05) is 18.0 Å². The predicted octanol–water partition coefficient (Wildman–Crippen LogP) is 3.90. The van der Waals surface area contributed by atoms with Crippen molar-refractivity contribution in [2.75, 3.05) is 5.32 Å². The number of rotatable bonds is 6. The number of nitriles is 1.